The van der Waals surface area contributed by atoms with Gasteiger partial charge in [-0.05, 0) is 48.7 Å². The highest BCUT2D eigenvalue weighted by Gasteiger charge is 2.34. The van der Waals surface area contributed by atoms with Gasteiger partial charge in [-0.2, -0.15) is 0 Å². The Hall–Kier alpha value is -2.31. The molecule has 0 aliphatic carbocycles. The minimum atomic E-state index is -3.46. The number of methoxy groups -OCH3 is 1. The molecule has 0 radical (unpaired) electrons. The van der Waals surface area contributed by atoms with Gasteiger partial charge in [0, 0.05) is 30.6 Å². The normalized spacial score (nSPS) is 19.2. The van der Waals surface area contributed by atoms with Gasteiger partial charge in [0.1, 0.15) is 5.75 Å². The number of ether oxygens (including phenoxy) is 1. The summed E-state index contributed by atoms with van der Waals surface area (Å²) < 4.78 is 34.5. The fourth-order valence-corrected chi connectivity index (χ4v) is 6.45. The third-order valence-corrected chi connectivity index (χ3v) is 8.23. The Morgan fingerprint density at radius 2 is 1.93 bits per heavy atom. The number of nitrogens with one attached hydrogen (secondary N) is 1. The van der Waals surface area contributed by atoms with Crippen molar-refractivity contribution < 1.29 is 13.2 Å². The molecule has 28 heavy (non-hydrogen) atoms. The minimum Gasteiger partial charge on any atom is -0.497 e. The molecule has 146 valence electrons. The molecule has 1 N–H and O–H groups in total. The van der Waals surface area contributed by atoms with Crippen LogP contribution in [0, 0.1) is 0 Å². The first-order valence-electron chi connectivity index (χ1n) is 9.80. The maximum Gasteiger partial charge on any atom is 0.183 e. The van der Waals surface area contributed by atoms with Crippen molar-refractivity contribution in [1.82, 2.24) is 9.88 Å². The molecule has 0 saturated carbocycles. The third-order valence-electron chi connectivity index (χ3n) is 6.12. The van der Waals surface area contributed by atoms with Gasteiger partial charge in [-0.25, -0.2) is 8.42 Å². The second kappa shape index (κ2) is 6.64. The quantitative estimate of drug-likeness (QED) is 0.740. The SMILES string of the molecule is COc1cccc(S(=O)(=O)C2Cc3cccc4c5c(n(c34)C2)CCNCC5)c1. The summed E-state index contributed by atoms with van der Waals surface area (Å²) in [7, 11) is -1.91. The molecule has 2 aromatic carbocycles. The van der Waals surface area contributed by atoms with Gasteiger partial charge >= 0.3 is 0 Å². The predicted octanol–water partition coefficient (Wildman–Crippen LogP) is 2.74. The Kier molecular flexibility index (Phi) is 4.21. The molecular weight excluding hydrogens is 372 g/mol. The van der Waals surface area contributed by atoms with Gasteiger partial charge in [-0.15, -0.1) is 0 Å². The van der Waals surface area contributed by atoms with Gasteiger partial charge in [-0.1, -0.05) is 24.3 Å². The second-order valence-corrected chi connectivity index (χ2v) is 9.88. The van der Waals surface area contributed by atoms with Crippen molar-refractivity contribution >= 4 is 20.7 Å². The highest BCUT2D eigenvalue weighted by molar-refractivity contribution is 7.92. The lowest BCUT2D eigenvalue weighted by molar-refractivity contribution is 0.413. The number of benzene rings is 2. The number of aromatic nitrogens is 1. The molecule has 3 aromatic rings. The van der Waals surface area contributed by atoms with Gasteiger partial charge < -0.3 is 14.6 Å². The molecule has 0 bridgehead atoms. The molecule has 2 aliphatic heterocycles. The van der Waals surface area contributed by atoms with E-state index in [-0.39, 0.29) is 0 Å². The fourth-order valence-electron chi connectivity index (χ4n) is 4.78. The van der Waals surface area contributed by atoms with Crippen molar-refractivity contribution in [2.75, 3.05) is 20.2 Å². The lowest BCUT2D eigenvalue weighted by atomic mass is 10.0. The molecular formula is C22H24N2O3S. The summed E-state index contributed by atoms with van der Waals surface area (Å²) in [6, 6.07) is 13.2. The van der Waals surface area contributed by atoms with Crippen LogP contribution in [0.5, 0.6) is 5.75 Å². The van der Waals surface area contributed by atoms with Gasteiger partial charge in [0.05, 0.1) is 22.8 Å². The van der Waals surface area contributed by atoms with E-state index in [4.69, 9.17) is 4.74 Å². The van der Waals surface area contributed by atoms with E-state index in [1.807, 2.05) is 0 Å². The van der Waals surface area contributed by atoms with Crippen LogP contribution in [0.4, 0.5) is 0 Å². The third kappa shape index (κ3) is 2.66. The topological polar surface area (TPSA) is 60.3 Å². The summed E-state index contributed by atoms with van der Waals surface area (Å²) in [5.74, 6) is 0.570. The number of hydrogen-bond donors (Lipinski definition) is 1. The van der Waals surface area contributed by atoms with E-state index in [0.29, 0.717) is 23.6 Å². The molecule has 3 heterocycles. The summed E-state index contributed by atoms with van der Waals surface area (Å²) >= 11 is 0. The van der Waals surface area contributed by atoms with Gasteiger partial charge in [0.2, 0.25) is 0 Å². The largest absolute Gasteiger partial charge is 0.497 e. The molecule has 0 spiro atoms. The second-order valence-electron chi connectivity index (χ2n) is 7.65. The molecule has 1 aromatic heterocycles. The maximum absolute atomic E-state index is 13.5. The Balaban J connectivity index is 1.62. The summed E-state index contributed by atoms with van der Waals surface area (Å²) in [5, 5.41) is 4.30. The van der Waals surface area contributed by atoms with Crippen LogP contribution in [-0.4, -0.2) is 38.4 Å². The van der Waals surface area contributed by atoms with Crippen LogP contribution in [0.25, 0.3) is 10.9 Å². The zero-order valence-electron chi connectivity index (χ0n) is 15.9. The Morgan fingerprint density at radius 3 is 2.79 bits per heavy atom. The summed E-state index contributed by atoms with van der Waals surface area (Å²) in [6.45, 7) is 2.43. The van der Waals surface area contributed by atoms with E-state index in [9.17, 15) is 8.42 Å². The van der Waals surface area contributed by atoms with Gasteiger partial charge in [0.15, 0.2) is 9.84 Å². The number of fused-ring (bicyclic) bond motifs is 3. The van der Waals surface area contributed by atoms with Gasteiger partial charge in [0.25, 0.3) is 0 Å². The van der Waals surface area contributed by atoms with Crippen LogP contribution >= 0.6 is 0 Å². The minimum absolute atomic E-state index is 0.340. The lowest BCUT2D eigenvalue weighted by Crippen LogP contribution is -2.33. The van der Waals surface area contributed by atoms with Crippen LogP contribution in [0.3, 0.4) is 0 Å². The Morgan fingerprint density at radius 1 is 1.11 bits per heavy atom. The first-order chi connectivity index (χ1) is 13.6. The molecule has 1 atom stereocenters. The first-order valence-corrected chi connectivity index (χ1v) is 11.3. The van der Waals surface area contributed by atoms with Crippen LogP contribution in [0.1, 0.15) is 16.8 Å². The monoisotopic (exact) mass is 396 g/mol. The number of nitrogens with zero attached hydrogens (tertiary/aromatic N) is 1. The summed E-state index contributed by atoms with van der Waals surface area (Å²) in [6.07, 6.45) is 2.49. The lowest BCUT2D eigenvalue weighted by Gasteiger charge is -2.26. The summed E-state index contributed by atoms with van der Waals surface area (Å²) in [4.78, 5) is 0.340. The zero-order valence-corrected chi connectivity index (χ0v) is 16.8. The van der Waals surface area contributed by atoms with Crippen LogP contribution in [-0.2, 0) is 35.6 Å². The summed E-state index contributed by atoms with van der Waals surface area (Å²) in [5.41, 5.74) is 5.08. The van der Waals surface area contributed by atoms with E-state index < -0.39 is 15.1 Å². The molecule has 0 saturated heterocycles. The molecule has 0 amide bonds. The van der Waals surface area contributed by atoms with E-state index in [0.717, 1.165) is 31.5 Å². The van der Waals surface area contributed by atoms with E-state index >= 15 is 0 Å². The van der Waals surface area contributed by atoms with Crippen molar-refractivity contribution in [3.05, 3.63) is 59.3 Å². The molecule has 1 unspecified atom stereocenters. The molecule has 2 aliphatic rings. The molecule has 5 rings (SSSR count). The van der Waals surface area contributed by atoms with Crippen molar-refractivity contribution in [2.45, 2.75) is 36.0 Å². The molecule has 5 nitrogen and oxygen atoms in total. The number of sulfone groups is 1. The first kappa shape index (κ1) is 17.8. The zero-order chi connectivity index (χ0) is 19.3. The molecule has 0 fully saturated rings. The van der Waals surface area contributed by atoms with E-state index in [2.05, 4.69) is 28.1 Å². The van der Waals surface area contributed by atoms with Gasteiger partial charge in [-0.3, -0.25) is 0 Å². The van der Waals surface area contributed by atoms with Crippen molar-refractivity contribution in [2.24, 2.45) is 0 Å². The van der Waals surface area contributed by atoms with Crippen molar-refractivity contribution in [1.29, 1.82) is 0 Å². The molecule has 6 heteroatoms. The highest BCUT2D eigenvalue weighted by atomic mass is 32.2. The van der Waals surface area contributed by atoms with Crippen LogP contribution < -0.4 is 10.1 Å². The number of para-hydroxylation sites is 1. The smallest absolute Gasteiger partial charge is 0.183 e. The highest BCUT2D eigenvalue weighted by Crippen LogP contribution is 2.37. The average Bonchev–Trinajstić information content (AvgIpc) is 2.87. The van der Waals surface area contributed by atoms with E-state index in [1.165, 1.54) is 22.2 Å². The van der Waals surface area contributed by atoms with E-state index in [1.54, 1.807) is 31.4 Å². The van der Waals surface area contributed by atoms with Crippen molar-refractivity contribution in [3.63, 3.8) is 0 Å². The standard InChI is InChI=1S/C22H24N2O3S/c1-27-16-5-3-6-17(13-16)28(25,26)18-12-15-4-2-7-20-19-8-10-23-11-9-21(19)24(14-18)22(15)20/h2-7,13,18,23H,8-12,14H2,1H3. The number of rotatable bonds is 3. The fraction of sp³-hybridized carbons (Fsp3) is 0.364. The average molecular weight is 397 g/mol. The van der Waals surface area contributed by atoms with Crippen LogP contribution in [0.15, 0.2) is 47.4 Å². The number of hydrogen-bond acceptors (Lipinski definition) is 4. The van der Waals surface area contributed by atoms with Crippen LogP contribution in [0.2, 0.25) is 0 Å². The predicted molar refractivity (Wildman–Crippen MR) is 110 cm³/mol. The maximum atomic E-state index is 13.5. The van der Waals surface area contributed by atoms with Crippen molar-refractivity contribution in [3.8, 4) is 5.75 Å². The Labute approximate surface area is 165 Å². The Bertz CT molecular complexity index is 1160.